The molecule has 3 aromatic rings. The zero-order valence-electron chi connectivity index (χ0n) is 14.3. The van der Waals surface area contributed by atoms with Crippen LogP contribution >= 0.6 is 0 Å². The summed E-state index contributed by atoms with van der Waals surface area (Å²) in [5.41, 5.74) is -1.74. The molecule has 0 bridgehead atoms. The molecule has 1 heterocycles. The first-order valence-corrected chi connectivity index (χ1v) is 8.51. The van der Waals surface area contributed by atoms with Crippen molar-refractivity contribution in [2.24, 2.45) is 0 Å². The van der Waals surface area contributed by atoms with E-state index in [0.29, 0.717) is 5.69 Å². The van der Waals surface area contributed by atoms with E-state index in [9.17, 15) is 26.3 Å². The maximum atomic E-state index is 13.9. The molecule has 7 heteroatoms. The molecule has 0 amide bonds. The standard InChI is InChI=1S/C21H13F6N/c22-20(23,24)15-5-3-4-12-7-8-13-10-14(17-6-1-2-9-28-17)11-16(21(25,26)27)19(13)18(12)15/h1-6,9-11H,7-8H2. The molecule has 0 N–H and O–H groups in total. The monoisotopic (exact) mass is 393 g/mol. The Hall–Kier alpha value is -2.83. The Labute approximate surface area is 156 Å². The summed E-state index contributed by atoms with van der Waals surface area (Å²) >= 11 is 0. The number of halogens is 6. The van der Waals surface area contributed by atoms with Gasteiger partial charge in [-0.1, -0.05) is 18.2 Å². The van der Waals surface area contributed by atoms with Gasteiger partial charge < -0.3 is 0 Å². The van der Waals surface area contributed by atoms with Gasteiger partial charge in [-0.2, -0.15) is 26.3 Å². The molecule has 4 rings (SSSR count). The van der Waals surface area contributed by atoms with Gasteiger partial charge in [0, 0.05) is 11.8 Å². The predicted octanol–water partition coefficient (Wildman–Crippen LogP) is 6.55. The van der Waals surface area contributed by atoms with Crippen LogP contribution in [0.2, 0.25) is 0 Å². The number of fused-ring (bicyclic) bond motifs is 3. The van der Waals surface area contributed by atoms with Gasteiger partial charge in [-0.15, -0.1) is 0 Å². The van der Waals surface area contributed by atoms with Crippen molar-refractivity contribution in [3.63, 3.8) is 0 Å². The number of hydrogen-bond donors (Lipinski definition) is 0. The minimum atomic E-state index is -4.80. The minimum Gasteiger partial charge on any atom is -0.256 e. The van der Waals surface area contributed by atoms with Gasteiger partial charge in [0.2, 0.25) is 0 Å². The molecule has 28 heavy (non-hydrogen) atoms. The Morgan fingerprint density at radius 2 is 1.36 bits per heavy atom. The first kappa shape index (κ1) is 18.5. The second kappa shape index (κ2) is 6.36. The predicted molar refractivity (Wildman–Crippen MR) is 92.5 cm³/mol. The lowest BCUT2D eigenvalue weighted by atomic mass is 9.79. The van der Waals surface area contributed by atoms with E-state index < -0.39 is 23.5 Å². The van der Waals surface area contributed by atoms with Crippen LogP contribution in [0.3, 0.4) is 0 Å². The lowest BCUT2D eigenvalue weighted by Crippen LogP contribution is -2.17. The van der Waals surface area contributed by atoms with E-state index in [0.717, 1.165) is 12.1 Å². The molecule has 0 spiro atoms. The lowest BCUT2D eigenvalue weighted by molar-refractivity contribution is -0.139. The zero-order chi connectivity index (χ0) is 20.1. The Morgan fingerprint density at radius 1 is 0.679 bits per heavy atom. The summed E-state index contributed by atoms with van der Waals surface area (Å²) in [6.45, 7) is 0. The average Bonchev–Trinajstić information content (AvgIpc) is 2.65. The third-order valence-electron chi connectivity index (χ3n) is 4.86. The number of nitrogens with zero attached hydrogens (tertiary/aromatic N) is 1. The quantitative estimate of drug-likeness (QED) is 0.427. The van der Waals surface area contributed by atoms with Crippen LogP contribution in [0.25, 0.3) is 22.4 Å². The summed E-state index contributed by atoms with van der Waals surface area (Å²) in [7, 11) is 0. The molecule has 0 saturated heterocycles. The SMILES string of the molecule is FC(F)(F)c1cccc2c1-c1c(cc(-c3ccccn3)cc1C(F)(F)F)CC2. The number of rotatable bonds is 1. The molecular formula is C21H13F6N. The van der Waals surface area contributed by atoms with Crippen molar-refractivity contribution in [3.8, 4) is 22.4 Å². The number of benzene rings is 2. The second-order valence-corrected chi connectivity index (χ2v) is 6.61. The van der Waals surface area contributed by atoms with Crippen LogP contribution in [0.5, 0.6) is 0 Å². The van der Waals surface area contributed by atoms with Crippen LogP contribution in [0.15, 0.2) is 54.7 Å². The van der Waals surface area contributed by atoms with Crippen LogP contribution in [0.1, 0.15) is 22.3 Å². The molecule has 1 aliphatic rings. The minimum absolute atomic E-state index is 0.230. The summed E-state index contributed by atoms with van der Waals surface area (Å²) in [5.74, 6) is 0. The zero-order valence-corrected chi connectivity index (χ0v) is 14.3. The first-order chi connectivity index (χ1) is 13.2. The highest BCUT2D eigenvalue weighted by Gasteiger charge is 2.41. The number of hydrogen-bond acceptors (Lipinski definition) is 1. The van der Waals surface area contributed by atoms with Gasteiger partial charge in [0.15, 0.2) is 0 Å². The Balaban J connectivity index is 2.05. The van der Waals surface area contributed by atoms with Crippen LogP contribution in [-0.2, 0) is 25.2 Å². The van der Waals surface area contributed by atoms with Gasteiger partial charge in [-0.3, -0.25) is 4.98 Å². The summed E-state index contributed by atoms with van der Waals surface area (Å²) in [6, 6.07) is 10.8. The molecule has 0 atom stereocenters. The van der Waals surface area contributed by atoms with Crippen molar-refractivity contribution >= 4 is 0 Å². The van der Waals surface area contributed by atoms with Gasteiger partial charge in [-0.05, 0) is 65.4 Å². The van der Waals surface area contributed by atoms with E-state index in [1.807, 2.05) is 0 Å². The number of pyridine rings is 1. The van der Waals surface area contributed by atoms with E-state index in [-0.39, 0.29) is 40.7 Å². The van der Waals surface area contributed by atoms with E-state index in [4.69, 9.17) is 0 Å². The van der Waals surface area contributed by atoms with Crippen molar-refractivity contribution < 1.29 is 26.3 Å². The van der Waals surface area contributed by atoms with Crippen molar-refractivity contribution in [2.45, 2.75) is 25.2 Å². The molecule has 2 aromatic carbocycles. The normalized spacial score (nSPS) is 13.8. The molecule has 0 radical (unpaired) electrons. The molecule has 1 aliphatic carbocycles. The topological polar surface area (TPSA) is 12.9 Å². The highest BCUT2D eigenvalue weighted by Crippen LogP contribution is 2.49. The van der Waals surface area contributed by atoms with Crippen molar-refractivity contribution in [1.29, 1.82) is 0 Å². The fourth-order valence-electron chi connectivity index (χ4n) is 3.71. The smallest absolute Gasteiger partial charge is 0.256 e. The Bertz CT molecular complexity index is 1040. The maximum Gasteiger partial charge on any atom is 0.417 e. The molecule has 1 aromatic heterocycles. The van der Waals surface area contributed by atoms with E-state index in [1.165, 1.54) is 24.4 Å². The molecular weight excluding hydrogens is 380 g/mol. The van der Waals surface area contributed by atoms with Gasteiger partial charge in [-0.25, -0.2) is 0 Å². The number of alkyl halides is 6. The largest absolute Gasteiger partial charge is 0.417 e. The average molecular weight is 393 g/mol. The first-order valence-electron chi connectivity index (χ1n) is 8.51. The van der Waals surface area contributed by atoms with Gasteiger partial charge in [0.25, 0.3) is 0 Å². The number of aryl methyl sites for hydroxylation is 2. The van der Waals surface area contributed by atoms with Gasteiger partial charge >= 0.3 is 12.4 Å². The summed E-state index contributed by atoms with van der Waals surface area (Å²) < 4.78 is 82.3. The highest BCUT2D eigenvalue weighted by atomic mass is 19.4. The Morgan fingerprint density at radius 3 is 2.00 bits per heavy atom. The molecule has 1 nitrogen and oxygen atoms in total. The van der Waals surface area contributed by atoms with Gasteiger partial charge in [0.1, 0.15) is 0 Å². The summed E-state index contributed by atoms with van der Waals surface area (Å²) in [5, 5.41) is 0. The van der Waals surface area contributed by atoms with Crippen molar-refractivity contribution in [3.05, 3.63) is 77.0 Å². The van der Waals surface area contributed by atoms with Crippen molar-refractivity contribution in [2.75, 3.05) is 0 Å². The molecule has 0 unspecified atom stereocenters. The van der Waals surface area contributed by atoms with E-state index in [2.05, 4.69) is 4.98 Å². The van der Waals surface area contributed by atoms with Gasteiger partial charge in [0.05, 0.1) is 16.8 Å². The fourth-order valence-corrected chi connectivity index (χ4v) is 3.71. The van der Waals surface area contributed by atoms with Crippen LogP contribution in [0.4, 0.5) is 26.3 Å². The molecule has 0 fully saturated rings. The van der Waals surface area contributed by atoms with Crippen LogP contribution < -0.4 is 0 Å². The highest BCUT2D eigenvalue weighted by molar-refractivity contribution is 5.82. The third-order valence-corrected chi connectivity index (χ3v) is 4.86. The molecule has 0 saturated carbocycles. The lowest BCUT2D eigenvalue weighted by Gasteiger charge is -2.27. The summed E-state index contributed by atoms with van der Waals surface area (Å²) in [4.78, 5) is 4.07. The van der Waals surface area contributed by atoms with E-state index in [1.54, 1.807) is 18.2 Å². The number of aromatic nitrogens is 1. The Kier molecular flexibility index (Phi) is 4.21. The third kappa shape index (κ3) is 3.15. The van der Waals surface area contributed by atoms with Crippen LogP contribution in [0, 0.1) is 0 Å². The van der Waals surface area contributed by atoms with Crippen LogP contribution in [-0.4, -0.2) is 4.98 Å². The maximum absolute atomic E-state index is 13.9. The second-order valence-electron chi connectivity index (χ2n) is 6.61. The summed E-state index contributed by atoms with van der Waals surface area (Å²) in [6.07, 6.45) is -7.62. The van der Waals surface area contributed by atoms with E-state index >= 15 is 0 Å². The fraction of sp³-hybridized carbons (Fsp3) is 0.190. The molecule has 0 aliphatic heterocycles. The van der Waals surface area contributed by atoms with Crippen molar-refractivity contribution in [1.82, 2.24) is 4.98 Å². The molecule has 144 valence electrons.